The summed E-state index contributed by atoms with van der Waals surface area (Å²) >= 11 is 0. The molecule has 2 fully saturated rings. The number of hydrogen-bond acceptors (Lipinski definition) is 4. The average Bonchev–Trinajstić information content (AvgIpc) is 2.45. The maximum Gasteiger partial charge on any atom is 0.142 e. The first-order chi connectivity index (χ1) is 9.72. The first-order valence-corrected chi connectivity index (χ1v) is 7.49. The fraction of sp³-hybridized carbons (Fsp3) is 0.625. The molecule has 1 aromatic rings. The fourth-order valence-electron chi connectivity index (χ4n) is 3.82. The molecule has 2 aliphatic heterocycles. The molecule has 4 heteroatoms. The second-order valence-corrected chi connectivity index (χ2v) is 5.92. The highest BCUT2D eigenvalue weighted by Crippen LogP contribution is 2.42. The second-order valence-electron chi connectivity index (χ2n) is 5.92. The van der Waals surface area contributed by atoms with Gasteiger partial charge in [-0.15, -0.1) is 0 Å². The van der Waals surface area contributed by atoms with Crippen molar-refractivity contribution in [3.05, 3.63) is 18.2 Å². The topological polar surface area (TPSA) is 47.7 Å². The Bertz CT molecular complexity index is 464. The highest BCUT2D eigenvalue weighted by molar-refractivity contribution is 5.63. The Balaban J connectivity index is 1.98. The van der Waals surface area contributed by atoms with Crippen molar-refractivity contribution in [1.82, 2.24) is 0 Å². The minimum atomic E-state index is 0.346. The van der Waals surface area contributed by atoms with Crippen LogP contribution < -0.4 is 20.1 Å². The van der Waals surface area contributed by atoms with Crippen LogP contribution in [0, 0.1) is 0 Å². The highest BCUT2D eigenvalue weighted by atomic mass is 16.5. The number of anilines is 1. The van der Waals surface area contributed by atoms with Crippen molar-refractivity contribution < 1.29 is 9.47 Å². The molecule has 0 spiro atoms. The third kappa shape index (κ3) is 2.33. The Labute approximate surface area is 120 Å². The molecule has 0 amide bonds. The Morgan fingerprint density at radius 3 is 2.40 bits per heavy atom. The summed E-state index contributed by atoms with van der Waals surface area (Å²) in [6.45, 7) is 0. The molecule has 110 valence electrons. The average molecular weight is 276 g/mol. The number of rotatable bonds is 3. The number of nitrogens with zero attached hydrogens (tertiary/aromatic N) is 1. The largest absolute Gasteiger partial charge is 0.497 e. The van der Waals surface area contributed by atoms with Crippen LogP contribution in [-0.4, -0.2) is 32.3 Å². The zero-order valence-electron chi connectivity index (χ0n) is 12.3. The van der Waals surface area contributed by atoms with Crippen LogP contribution >= 0.6 is 0 Å². The van der Waals surface area contributed by atoms with Gasteiger partial charge in [-0.3, -0.25) is 0 Å². The fourth-order valence-corrected chi connectivity index (χ4v) is 3.82. The van der Waals surface area contributed by atoms with E-state index in [2.05, 4.69) is 11.0 Å². The molecule has 2 saturated heterocycles. The minimum Gasteiger partial charge on any atom is -0.497 e. The predicted octanol–water partition coefficient (Wildman–Crippen LogP) is 2.55. The second kappa shape index (κ2) is 5.52. The molecular weight excluding hydrogens is 252 g/mol. The van der Waals surface area contributed by atoms with E-state index in [1.165, 1.54) is 19.3 Å². The molecule has 0 saturated carbocycles. The summed E-state index contributed by atoms with van der Waals surface area (Å²) in [5.41, 5.74) is 7.37. The van der Waals surface area contributed by atoms with Crippen molar-refractivity contribution in [3.63, 3.8) is 0 Å². The van der Waals surface area contributed by atoms with Crippen LogP contribution in [-0.2, 0) is 0 Å². The molecular formula is C16H24N2O2. The van der Waals surface area contributed by atoms with Gasteiger partial charge in [-0.1, -0.05) is 0 Å². The van der Waals surface area contributed by atoms with Crippen molar-refractivity contribution >= 4 is 5.69 Å². The smallest absolute Gasteiger partial charge is 0.142 e. The van der Waals surface area contributed by atoms with Gasteiger partial charge in [0, 0.05) is 24.2 Å². The van der Waals surface area contributed by atoms with E-state index >= 15 is 0 Å². The molecule has 2 aliphatic rings. The molecule has 0 radical (unpaired) electrons. The summed E-state index contributed by atoms with van der Waals surface area (Å²) in [5, 5.41) is 0. The first kappa shape index (κ1) is 13.6. The lowest BCUT2D eigenvalue weighted by atomic mass is 9.81. The zero-order chi connectivity index (χ0) is 14.1. The molecule has 0 aromatic heterocycles. The molecule has 3 rings (SSSR count). The zero-order valence-corrected chi connectivity index (χ0v) is 12.3. The van der Waals surface area contributed by atoms with E-state index in [4.69, 9.17) is 15.2 Å². The van der Waals surface area contributed by atoms with E-state index in [0.717, 1.165) is 30.0 Å². The van der Waals surface area contributed by atoms with Gasteiger partial charge >= 0.3 is 0 Å². The SMILES string of the molecule is COc1ccc(OC)c(N2C3CCCC2CC(N)C3)c1. The van der Waals surface area contributed by atoms with Crippen LogP contribution in [0.3, 0.4) is 0 Å². The molecule has 2 atom stereocenters. The predicted molar refractivity (Wildman–Crippen MR) is 80.7 cm³/mol. The van der Waals surface area contributed by atoms with E-state index in [1.807, 2.05) is 12.1 Å². The van der Waals surface area contributed by atoms with Crippen LogP contribution in [0.2, 0.25) is 0 Å². The van der Waals surface area contributed by atoms with Gasteiger partial charge in [-0.25, -0.2) is 0 Å². The van der Waals surface area contributed by atoms with Crippen LogP contribution in [0.5, 0.6) is 11.5 Å². The summed E-state index contributed by atoms with van der Waals surface area (Å²) < 4.78 is 10.9. The molecule has 2 heterocycles. The van der Waals surface area contributed by atoms with E-state index < -0.39 is 0 Å². The maximum atomic E-state index is 6.21. The van der Waals surface area contributed by atoms with Gasteiger partial charge in [-0.2, -0.15) is 0 Å². The first-order valence-electron chi connectivity index (χ1n) is 7.49. The number of nitrogens with two attached hydrogens (primary N) is 1. The highest BCUT2D eigenvalue weighted by Gasteiger charge is 2.38. The quantitative estimate of drug-likeness (QED) is 0.921. The lowest BCUT2D eigenvalue weighted by Crippen LogP contribution is -2.55. The van der Waals surface area contributed by atoms with Crippen LogP contribution in [0.4, 0.5) is 5.69 Å². The number of benzene rings is 1. The third-order valence-corrected chi connectivity index (χ3v) is 4.68. The normalized spacial score (nSPS) is 29.1. The van der Waals surface area contributed by atoms with Crippen molar-refractivity contribution in [1.29, 1.82) is 0 Å². The lowest BCUT2D eigenvalue weighted by Gasteiger charge is -2.49. The number of piperidine rings is 2. The van der Waals surface area contributed by atoms with E-state index in [-0.39, 0.29) is 0 Å². The maximum absolute atomic E-state index is 6.21. The van der Waals surface area contributed by atoms with Crippen molar-refractivity contribution in [2.45, 2.75) is 50.2 Å². The number of fused-ring (bicyclic) bond motifs is 2. The van der Waals surface area contributed by atoms with Crippen molar-refractivity contribution in [2.24, 2.45) is 5.73 Å². The summed E-state index contributed by atoms with van der Waals surface area (Å²) in [4.78, 5) is 2.54. The molecule has 2 N–H and O–H groups in total. The van der Waals surface area contributed by atoms with Gasteiger partial charge < -0.3 is 20.1 Å². The third-order valence-electron chi connectivity index (χ3n) is 4.68. The summed E-state index contributed by atoms with van der Waals surface area (Å²) in [5.74, 6) is 1.81. The minimum absolute atomic E-state index is 0.346. The van der Waals surface area contributed by atoms with Gasteiger partial charge in [0.05, 0.1) is 19.9 Å². The molecule has 2 bridgehead atoms. The van der Waals surface area contributed by atoms with Gasteiger partial charge in [0.15, 0.2) is 0 Å². The van der Waals surface area contributed by atoms with Gasteiger partial charge in [-0.05, 0) is 44.2 Å². The summed E-state index contributed by atoms with van der Waals surface area (Å²) in [6, 6.07) is 7.47. The molecule has 2 unspecified atom stereocenters. The summed E-state index contributed by atoms with van der Waals surface area (Å²) in [7, 11) is 3.44. The Kier molecular flexibility index (Phi) is 3.74. The van der Waals surface area contributed by atoms with Crippen molar-refractivity contribution in [2.75, 3.05) is 19.1 Å². The lowest BCUT2D eigenvalue weighted by molar-refractivity contribution is 0.268. The number of methoxy groups -OCH3 is 2. The van der Waals surface area contributed by atoms with Crippen LogP contribution in [0.15, 0.2) is 18.2 Å². The summed E-state index contributed by atoms with van der Waals surface area (Å²) in [6.07, 6.45) is 5.92. The van der Waals surface area contributed by atoms with E-state index in [0.29, 0.717) is 18.1 Å². The molecule has 4 nitrogen and oxygen atoms in total. The van der Waals surface area contributed by atoms with E-state index in [1.54, 1.807) is 14.2 Å². The monoisotopic (exact) mass is 276 g/mol. The van der Waals surface area contributed by atoms with Gasteiger partial charge in [0.1, 0.15) is 11.5 Å². The van der Waals surface area contributed by atoms with Gasteiger partial charge in [0.2, 0.25) is 0 Å². The number of hydrogen-bond donors (Lipinski definition) is 1. The van der Waals surface area contributed by atoms with Crippen LogP contribution in [0.25, 0.3) is 0 Å². The van der Waals surface area contributed by atoms with Crippen LogP contribution in [0.1, 0.15) is 32.1 Å². The van der Waals surface area contributed by atoms with E-state index in [9.17, 15) is 0 Å². The Morgan fingerprint density at radius 1 is 1.10 bits per heavy atom. The molecule has 1 aromatic carbocycles. The molecule has 20 heavy (non-hydrogen) atoms. The Hall–Kier alpha value is -1.42. The Morgan fingerprint density at radius 2 is 1.80 bits per heavy atom. The standard InChI is InChI=1S/C16H24N2O2/c1-19-14-6-7-16(20-2)15(10-14)18-12-4-3-5-13(18)9-11(17)8-12/h6-7,10-13H,3-5,8-9,17H2,1-2H3. The van der Waals surface area contributed by atoms with Gasteiger partial charge in [0.25, 0.3) is 0 Å². The molecule has 0 aliphatic carbocycles. The number of ether oxygens (including phenoxy) is 2. The van der Waals surface area contributed by atoms with Crippen molar-refractivity contribution in [3.8, 4) is 11.5 Å².